The molecule has 2 aromatic rings. The molecule has 0 spiro atoms. The summed E-state index contributed by atoms with van der Waals surface area (Å²) in [5.41, 5.74) is 1.25. The fraction of sp³-hybridized carbons (Fsp3) is 0.250. The van der Waals surface area contributed by atoms with Crippen molar-refractivity contribution < 1.29 is 19.8 Å². The molecule has 4 heteroatoms. The number of hydrogen-bond acceptors (Lipinski definition) is 4. The van der Waals surface area contributed by atoms with Gasteiger partial charge in [-0.25, -0.2) is 0 Å². The first-order valence-electron chi connectivity index (χ1n) is 9.54. The van der Waals surface area contributed by atoms with Crippen molar-refractivity contribution in [3.05, 3.63) is 83.9 Å². The van der Waals surface area contributed by atoms with Crippen LogP contribution in [0.4, 0.5) is 0 Å². The molecular formula is C24H26O4. The van der Waals surface area contributed by atoms with Crippen LogP contribution in [0.2, 0.25) is 0 Å². The van der Waals surface area contributed by atoms with Crippen molar-refractivity contribution in [2.24, 2.45) is 0 Å². The van der Waals surface area contributed by atoms with Gasteiger partial charge in [-0.05, 0) is 12.8 Å². The highest BCUT2D eigenvalue weighted by Crippen LogP contribution is 2.14. The van der Waals surface area contributed by atoms with Gasteiger partial charge >= 0.3 is 0 Å². The Morgan fingerprint density at radius 3 is 1.32 bits per heavy atom. The molecule has 0 unspecified atom stereocenters. The highest BCUT2D eigenvalue weighted by atomic mass is 16.3. The number of aliphatic hydroxyl groups excluding tert-OH is 2. The predicted molar refractivity (Wildman–Crippen MR) is 112 cm³/mol. The lowest BCUT2D eigenvalue weighted by molar-refractivity contribution is -0.115. The van der Waals surface area contributed by atoms with Crippen molar-refractivity contribution in [3.8, 4) is 0 Å². The molecule has 0 aliphatic carbocycles. The molecule has 0 saturated heterocycles. The second-order valence-corrected chi connectivity index (χ2v) is 6.64. The quantitative estimate of drug-likeness (QED) is 0.300. The molecule has 2 N–H and O–H groups in total. The highest BCUT2D eigenvalue weighted by Gasteiger charge is 2.05. The summed E-state index contributed by atoms with van der Waals surface area (Å²) in [5.74, 6) is -0.233. The van der Waals surface area contributed by atoms with Crippen molar-refractivity contribution in [1.82, 2.24) is 0 Å². The zero-order chi connectivity index (χ0) is 20.2. The van der Waals surface area contributed by atoms with Crippen LogP contribution in [0.3, 0.4) is 0 Å². The van der Waals surface area contributed by atoms with Gasteiger partial charge in [0, 0.05) is 36.1 Å². The van der Waals surface area contributed by atoms with E-state index in [-0.39, 0.29) is 23.1 Å². The summed E-state index contributed by atoms with van der Waals surface area (Å²) in [6.07, 6.45) is 6.42. The summed E-state index contributed by atoms with van der Waals surface area (Å²) in [6, 6.07) is 17.9. The number of unbranched alkanes of at least 4 members (excludes halogenated alkanes) is 3. The van der Waals surface area contributed by atoms with Gasteiger partial charge in [-0.2, -0.15) is 0 Å². The SMILES string of the molecule is O=C(/C=C(\O)c1ccccc1)CCCCCCC(=O)/C=C(\O)c1ccccc1. The van der Waals surface area contributed by atoms with E-state index in [9.17, 15) is 19.8 Å². The lowest BCUT2D eigenvalue weighted by Gasteiger charge is -2.02. The van der Waals surface area contributed by atoms with Crippen LogP contribution in [-0.4, -0.2) is 21.8 Å². The third kappa shape index (κ3) is 7.62. The third-order valence-corrected chi connectivity index (χ3v) is 4.33. The number of carbonyl (C=O) groups excluding carboxylic acids is 2. The molecule has 0 amide bonds. The van der Waals surface area contributed by atoms with Crippen LogP contribution in [0.5, 0.6) is 0 Å². The van der Waals surface area contributed by atoms with Crippen LogP contribution in [0.15, 0.2) is 72.8 Å². The largest absolute Gasteiger partial charge is 0.507 e. The Morgan fingerprint density at radius 2 is 0.964 bits per heavy atom. The van der Waals surface area contributed by atoms with Crippen molar-refractivity contribution in [2.75, 3.05) is 0 Å². The fourth-order valence-electron chi connectivity index (χ4n) is 2.79. The minimum Gasteiger partial charge on any atom is -0.507 e. The second kappa shape index (κ2) is 11.5. The lowest BCUT2D eigenvalue weighted by atomic mass is 10.1. The molecule has 0 bridgehead atoms. The van der Waals surface area contributed by atoms with E-state index in [2.05, 4.69) is 0 Å². The molecule has 0 heterocycles. The van der Waals surface area contributed by atoms with Crippen molar-refractivity contribution in [1.29, 1.82) is 0 Å². The third-order valence-electron chi connectivity index (χ3n) is 4.33. The van der Waals surface area contributed by atoms with E-state index < -0.39 is 0 Å². The van der Waals surface area contributed by atoms with Crippen LogP contribution < -0.4 is 0 Å². The van der Waals surface area contributed by atoms with Crippen LogP contribution >= 0.6 is 0 Å². The maximum atomic E-state index is 11.9. The predicted octanol–water partition coefficient (Wildman–Crippen LogP) is 5.66. The van der Waals surface area contributed by atoms with E-state index in [1.165, 1.54) is 12.2 Å². The maximum Gasteiger partial charge on any atom is 0.159 e. The molecule has 146 valence electrons. The minimum atomic E-state index is -0.104. The number of ketones is 2. The van der Waals surface area contributed by atoms with E-state index in [0.717, 1.165) is 25.7 Å². The molecule has 0 radical (unpaired) electrons. The molecule has 0 fully saturated rings. The molecule has 0 atom stereocenters. The van der Waals surface area contributed by atoms with Gasteiger partial charge in [0.05, 0.1) is 0 Å². The summed E-state index contributed by atoms with van der Waals surface area (Å²) in [4.78, 5) is 23.8. The number of rotatable bonds is 11. The monoisotopic (exact) mass is 378 g/mol. The first-order chi connectivity index (χ1) is 13.6. The summed E-state index contributed by atoms with van der Waals surface area (Å²) >= 11 is 0. The lowest BCUT2D eigenvalue weighted by Crippen LogP contribution is -1.97. The Labute approximate surface area is 165 Å². The molecule has 0 aromatic heterocycles. The van der Waals surface area contributed by atoms with Gasteiger partial charge < -0.3 is 10.2 Å². The van der Waals surface area contributed by atoms with E-state index in [4.69, 9.17) is 0 Å². The van der Waals surface area contributed by atoms with Gasteiger partial charge in [0.25, 0.3) is 0 Å². The number of carbonyl (C=O) groups is 2. The van der Waals surface area contributed by atoms with Gasteiger partial charge in [0.2, 0.25) is 0 Å². The van der Waals surface area contributed by atoms with E-state index >= 15 is 0 Å². The molecule has 2 rings (SSSR count). The summed E-state index contributed by atoms with van der Waals surface area (Å²) < 4.78 is 0. The van der Waals surface area contributed by atoms with Crippen molar-refractivity contribution in [2.45, 2.75) is 38.5 Å². The maximum absolute atomic E-state index is 11.9. The van der Waals surface area contributed by atoms with Crippen LogP contribution in [0.25, 0.3) is 11.5 Å². The summed E-state index contributed by atoms with van der Waals surface area (Å²) in [6.45, 7) is 0. The highest BCUT2D eigenvalue weighted by molar-refractivity contribution is 5.95. The molecular weight excluding hydrogens is 352 g/mol. The number of benzene rings is 2. The first-order valence-corrected chi connectivity index (χ1v) is 9.54. The van der Waals surface area contributed by atoms with Crippen LogP contribution in [0.1, 0.15) is 49.7 Å². The summed E-state index contributed by atoms with van der Waals surface area (Å²) in [7, 11) is 0. The normalized spacial score (nSPS) is 12.0. The molecule has 0 saturated carbocycles. The van der Waals surface area contributed by atoms with Crippen LogP contribution in [0, 0.1) is 0 Å². The van der Waals surface area contributed by atoms with Gasteiger partial charge in [0.1, 0.15) is 11.5 Å². The van der Waals surface area contributed by atoms with Gasteiger partial charge in [0.15, 0.2) is 11.6 Å². The number of hydrogen-bond donors (Lipinski definition) is 2. The summed E-state index contributed by atoms with van der Waals surface area (Å²) in [5, 5.41) is 19.8. The Balaban J connectivity index is 1.62. The molecule has 28 heavy (non-hydrogen) atoms. The van der Waals surface area contributed by atoms with Gasteiger partial charge in [-0.1, -0.05) is 73.5 Å². The average Bonchev–Trinajstić information content (AvgIpc) is 2.71. The average molecular weight is 378 g/mol. The number of allylic oxidation sites excluding steroid dienone is 2. The molecule has 0 aliphatic heterocycles. The van der Waals surface area contributed by atoms with E-state index in [1.54, 1.807) is 48.5 Å². The smallest absolute Gasteiger partial charge is 0.159 e. The Kier molecular flexibility index (Phi) is 8.73. The van der Waals surface area contributed by atoms with Crippen LogP contribution in [-0.2, 0) is 9.59 Å². The van der Waals surface area contributed by atoms with Crippen molar-refractivity contribution in [3.63, 3.8) is 0 Å². The topological polar surface area (TPSA) is 74.6 Å². The Bertz CT molecular complexity index is 749. The van der Waals surface area contributed by atoms with Crippen molar-refractivity contribution >= 4 is 23.1 Å². The van der Waals surface area contributed by atoms with Gasteiger partial charge in [-0.3, -0.25) is 9.59 Å². The number of aliphatic hydroxyl groups is 2. The Hall–Kier alpha value is -3.14. The van der Waals surface area contributed by atoms with E-state index in [0.29, 0.717) is 24.0 Å². The second-order valence-electron chi connectivity index (χ2n) is 6.64. The van der Waals surface area contributed by atoms with E-state index in [1.807, 2.05) is 12.1 Å². The molecule has 4 nitrogen and oxygen atoms in total. The minimum absolute atomic E-state index is 0.0128. The first kappa shape index (κ1) is 21.2. The molecule has 2 aromatic carbocycles. The van der Waals surface area contributed by atoms with Gasteiger partial charge in [-0.15, -0.1) is 0 Å². The Morgan fingerprint density at radius 1 is 0.607 bits per heavy atom. The fourth-order valence-corrected chi connectivity index (χ4v) is 2.79. The molecule has 0 aliphatic rings. The standard InChI is InChI=1S/C24H26O4/c25-21(17-23(27)19-11-5-3-6-12-19)15-9-1-2-10-16-22(26)18-24(28)20-13-7-4-8-14-20/h3-8,11-14,17-18,27-28H,1-2,9-10,15-16H2/b23-17-,24-18-. The zero-order valence-corrected chi connectivity index (χ0v) is 15.9. The zero-order valence-electron chi connectivity index (χ0n) is 15.9.